The molecule has 0 aromatic heterocycles. The highest BCUT2D eigenvalue weighted by atomic mass is 32.2. The zero-order chi connectivity index (χ0) is 36.3. The Morgan fingerprint density at radius 2 is 1.73 bits per heavy atom. The fourth-order valence-corrected chi connectivity index (χ4v) is 8.63. The highest BCUT2D eigenvalue weighted by Crippen LogP contribution is 2.39. The molecule has 0 spiro atoms. The number of carbonyl (C=O) groups excluding carboxylic acids is 1. The molecule has 51 heavy (non-hydrogen) atoms. The Bertz CT molecular complexity index is 1770. The van der Waals surface area contributed by atoms with Crippen molar-refractivity contribution in [1.82, 2.24) is 9.21 Å². The third-order valence-electron chi connectivity index (χ3n) is 9.47. The standard InChI is InChI=1S/C37H45N3O10S/c1-25(2)21-38(51(44,45)30-16-12-28(13-17-30)40(42)43)22-33-32(20-26-10-14-29(15-11-26)47-23-27-8-6-5-7-9-27)39(37(3,4)50-33)36(41)49-34-24-48-35-31(34)18-19-46-35/h5-17,25,31-35H,18-24H2,1-4H3. The van der Waals surface area contributed by atoms with Crippen LogP contribution in [-0.4, -0.2) is 85.2 Å². The molecule has 0 radical (unpaired) electrons. The molecule has 3 saturated heterocycles. The predicted octanol–water partition coefficient (Wildman–Crippen LogP) is 5.77. The van der Waals surface area contributed by atoms with Gasteiger partial charge in [-0.25, -0.2) is 13.2 Å². The Labute approximate surface area is 298 Å². The van der Waals surface area contributed by atoms with Gasteiger partial charge in [0.25, 0.3) is 5.69 Å². The van der Waals surface area contributed by atoms with E-state index in [1.165, 1.54) is 28.6 Å². The second-order valence-electron chi connectivity index (χ2n) is 14.1. The molecule has 3 aliphatic heterocycles. The Hall–Kier alpha value is -4.08. The lowest BCUT2D eigenvalue weighted by Gasteiger charge is -2.34. The second kappa shape index (κ2) is 15.3. The molecular weight excluding hydrogens is 678 g/mol. The van der Waals surface area contributed by atoms with Crippen LogP contribution in [0.4, 0.5) is 10.5 Å². The van der Waals surface area contributed by atoms with E-state index < -0.39 is 51.3 Å². The Morgan fingerprint density at radius 1 is 1.02 bits per heavy atom. The average molecular weight is 724 g/mol. The minimum absolute atomic E-state index is 0.0564. The molecule has 1 amide bonds. The number of nitro groups is 1. The molecule has 0 N–H and O–H groups in total. The van der Waals surface area contributed by atoms with Gasteiger partial charge in [-0.2, -0.15) is 4.31 Å². The summed E-state index contributed by atoms with van der Waals surface area (Å²) in [6, 6.07) is 21.7. The molecule has 3 fully saturated rings. The third-order valence-corrected chi connectivity index (χ3v) is 11.3. The van der Waals surface area contributed by atoms with Gasteiger partial charge in [0, 0.05) is 25.2 Å². The van der Waals surface area contributed by atoms with Gasteiger partial charge >= 0.3 is 6.09 Å². The van der Waals surface area contributed by atoms with Gasteiger partial charge in [-0.3, -0.25) is 15.0 Å². The van der Waals surface area contributed by atoms with Gasteiger partial charge in [0.15, 0.2) is 6.29 Å². The fourth-order valence-electron chi connectivity index (χ4n) is 7.01. The lowest BCUT2D eigenvalue weighted by Crippen LogP contribution is -2.51. The minimum atomic E-state index is -4.11. The molecule has 0 bridgehead atoms. The Balaban J connectivity index is 1.27. The van der Waals surface area contributed by atoms with Crippen LogP contribution >= 0.6 is 0 Å². The number of hydrogen-bond donors (Lipinski definition) is 0. The van der Waals surface area contributed by atoms with Crippen molar-refractivity contribution < 1.29 is 41.8 Å². The van der Waals surface area contributed by atoms with Crippen molar-refractivity contribution in [3.63, 3.8) is 0 Å². The van der Waals surface area contributed by atoms with E-state index in [9.17, 15) is 23.3 Å². The van der Waals surface area contributed by atoms with Gasteiger partial charge in [0.05, 0.1) is 41.1 Å². The van der Waals surface area contributed by atoms with Crippen LogP contribution in [0, 0.1) is 22.0 Å². The molecule has 6 rings (SSSR count). The number of nitrogens with zero attached hydrogens (tertiary/aromatic N) is 3. The van der Waals surface area contributed by atoms with Crippen LogP contribution in [0.2, 0.25) is 0 Å². The van der Waals surface area contributed by atoms with Crippen LogP contribution in [-0.2, 0) is 42.0 Å². The Morgan fingerprint density at radius 3 is 2.39 bits per heavy atom. The SMILES string of the molecule is CC(C)CN(CC1OC(C)(C)N(C(=O)OC2COC3OCCC23)C1Cc1ccc(OCc2ccccc2)cc1)S(=O)(=O)c1ccc([N+](=O)[O-])cc1. The average Bonchev–Trinajstić information content (AvgIpc) is 3.78. The normalized spacial score (nSPS) is 24.2. The number of hydrogen-bond acceptors (Lipinski definition) is 10. The van der Waals surface area contributed by atoms with Crippen LogP contribution in [0.5, 0.6) is 5.75 Å². The number of benzene rings is 3. The van der Waals surface area contributed by atoms with Crippen molar-refractivity contribution in [2.45, 2.75) is 82.3 Å². The zero-order valence-corrected chi connectivity index (χ0v) is 30.1. The van der Waals surface area contributed by atoms with E-state index in [0.717, 1.165) is 17.5 Å². The quantitative estimate of drug-likeness (QED) is 0.157. The number of non-ortho nitro benzene ring substituents is 1. The number of nitro benzene ring substituents is 1. The van der Waals surface area contributed by atoms with Crippen molar-refractivity contribution in [1.29, 1.82) is 0 Å². The third kappa shape index (κ3) is 8.36. The molecule has 5 unspecified atom stereocenters. The van der Waals surface area contributed by atoms with Crippen LogP contribution < -0.4 is 4.74 Å². The summed E-state index contributed by atoms with van der Waals surface area (Å²) < 4.78 is 59.5. The van der Waals surface area contributed by atoms with E-state index in [1.807, 2.05) is 68.4 Å². The highest BCUT2D eigenvalue weighted by Gasteiger charge is 2.53. The van der Waals surface area contributed by atoms with E-state index in [2.05, 4.69) is 0 Å². The second-order valence-corrected chi connectivity index (χ2v) is 16.0. The summed E-state index contributed by atoms with van der Waals surface area (Å²) in [5.74, 6) is 0.566. The van der Waals surface area contributed by atoms with E-state index in [-0.39, 0.29) is 42.1 Å². The zero-order valence-electron chi connectivity index (χ0n) is 29.3. The summed E-state index contributed by atoms with van der Waals surface area (Å²) in [5, 5.41) is 11.2. The number of amides is 1. The molecular formula is C37H45N3O10S. The van der Waals surface area contributed by atoms with Gasteiger partial charge < -0.3 is 23.7 Å². The summed E-state index contributed by atoms with van der Waals surface area (Å²) in [4.78, 5) is 26.3. The summed E-state index contributed by atoms with van der Waals surface area (Å²) in [7, 11) is -4.11. The first kappa shape index (κ1) is 36.7. The maximum Gasteiger partial charge on any atom is 0.412 e. The number of fused-ring (bicyclic) bond motifs is 1. The van der Waals surface area contributed by atoms with Crippen LogP contribution in [0.1, 0.15) is 45.2 Å². The van der Waals surface area contributed by atoms with Crippen LogP contribution in [0.3, 0.4) is 0 Å². The molecule has 14 heteroatoms. The molecule has 3 aliphatic rings. The number of carbonyl (C=O) groups is 1. The van der Waals surface area contributed by atoms with Crippen molar-refractivity contribution >= 4 is 21.8 Å². The maximum absolute atomic E-state index is 14.1. The lowest BCUT2D eigenvalue weighted by atomic mass is 9.99. The van der Waals surface area contributed by atoms with Gasteiger partial charge in [-0.1, -0.05) is 56.3 Å². The smallest absolute Gasteiger partial charge is 0.412 e. The molecule has 13 nitrogen and oxygen atoms in total. The Kier molecular flexibility index (Phi) is 11.0. The van der Waals surface area contributed by atoms with Gasteiger partial charge in [-0.05, 0) is 68.0 Å². The maximum atomic E-state index is 14.1. The van der Waals surface area contributed by atoms with Crippen LogP contribution in [0.15, 0.2) is 83.8 Å². The lowest BCUT2D eigenvalue weighted by molar-refractivity contribution is -0.384. The molecule has 0 aliphatic carbocycles. The monoisotopic (exact) mass is 723 g/mol. The predicted molar refractivity (Wildman–Crippen MR) is 186 cm³/mol. The van der Waals surface area contributed by atoms with Crippen molar-refractivity contribution in [2.24, 2.45) is 11.8 Å². The van der Waals surface area contributed by atoms with Crippen LogP contribution in [0.25, 0.3) is 0 Å². The highest BCUT2D eigenvalue weighted by molar-refractivity contribution is 7.89. The number of sulfonamides is 1. The van der Waals surface area contributed by atoms with Gasteiger partial charge in [0.1, 0.15) is 24.2 Å². The van der Waals surface area contributed by atoms with E-state index in [1.54, 1.807) is 18.7 Å². The molecule has 3 aromatic rings. The van der Waals surface area contributed by atoms with Crippen molar-refractivity contribution in [2.75, 3.05) is 26.3 Å². The number of rotatable bonds is 13. The fraction of sp³-hybridized carbons (Fsp3) is 0.486. The van der Waals surface area contributed by atoms with E-state index in [4.69, 9.17) is 23.7 Å². The first-order chi connectivity index (χ1) is 24.3. The summed E-state index contributed by atoms with van der Waals surface area (Å²) >= 11 is 0. The van der Waals surface area contributed by atoms with E-state index in [0.29, 0.717) is 25.4 Å². The topological polar surface area (TPSA) is 147 Å². The number of ether oxygens (including phenoxy) is 5. The molecule has 3 aromatic carbocycles. The van der Waals surface area contributed by atoms with E-state index >= 15 is 0 Å². The molecule has 5 atom stereocenters. The summed E-state index contributed by atoms with van der Waals surface area (Å²) in [6.07, 6.45) is -1.16. The van der Waals surface area contributed by atoms with Gasteiger partial charge in [-0.15, -0.1) is 0 Å². The summed E-state index contributed by atoms with van der Waals surface area (Å²) in [5.41, 5.74) is 0.565. The first-order valence-corrected chi connectivity index (χ1v) is 18.7. The first-order valence-electron chi connectivity index (χ1n) is 17.2. The molecule has 0 saturated carbocycles. The van der Waals surface area contributed by atoms with Crippen molar-refractivity contribution in [3.8, 4) is 5.75 Å². The molecule has 3 heterocycles. The largest absolute Gasteiger partial charge is 0.489 e. The van der Waals surface area contributed by atoms with Gasteiger partial charge in [0.2, 0.25) is 10.0 Å². The minimum Gasteiger partial charge on any atom is -0.489 e. The summed E-state index contributed by atoms with van der Waals surface area (Å²) in [6.45, 7) is 8.62. The molecule has 274 valence electrons. The van der Waals surface area contributed by atoms with Crippen molar-refractivity contribution in [3.05, 3.63) is 100 Å².